The third kappa shape index (κ3) is 2.71. The second-order valence-electron chi connectivity index (χ2n) is 5.54. The van der Waals surface area contributed by atoms with Crippen LogP contribution in [-0.4, -0.2) is 27.3 Å². The summed E-state index contributed by atoms with van der Waals surface area (Å²) in [5.41, 5.74) is 1.58. The maximum Gasteiger partial charge on any atom is 0.254 e. The number of benzene rings is 1. The zero-order chi connectivity index (χ0) is 15.8. The first kappa shape index (κ1) is 14.6. The highest BCUT2D eigenvalue weighted by molar-refractivity contribution is 7.18. The van der Waals surface area contributed by atoms with Crippen LogP contribution in [0.3, 0.4) is 0 Å². The molecule has 4 nitrogen and oxygen atoms in total. The van der Waals surface area contributed by atoms with Crippen LogP contribution in [0.25, 0.3) is 10.2 Å². The van der Waals surface area contributed by atoms with Crippen LogP contribution in [0.15, 0.2) is 42.6 Å². The average Bonchev–Trinajstić information content (AvgIpc) is 3.20. The van der Waals surface area contributed by atoms with Gasteiger partial charge in [0, 0.05) is 18.3 Å². The fraction of sp³-hybridized carbons (Fsp3) is 0.235. The summed E-state index contributed by atoms with van der Waals surface area (Å²) < 4.78 is 1.16. The van der Waals surface area contributed by atoms with Gasteiger partial charge in [0.25, 0.3) is 5.91 Å². The molecule has 1 aliphatic rings. The molecule has 116 valence electrons. The summed E-state index contributed by atoms with van der Waals surface area (Å²) in [6.45, 7) is 0.749. The molecule has 1 aromatic carbocycles. The van der Waals surface area contributed by atoms with E-state index in [4.69, 9.17) is 16.6 Å². The van der Waals surface area contributed by atoms with E-state index >= 15 is 0 Å². The van der Waals surface area contributed by atoms with Gasteiger partial charge in [-0.25, -0.2) is 9.97 Å². The lowest BCUT2D eigenvalue weighted by Gasteiger charge is -2.23. The molecule has 0 radical (unpaired) electrons. The van der Waals surface area contributed by atoms with E-state index in [1.807, 2.05) is 23.1 Å². The van der Waals surface area contributed by atoms with Crippen LogP contribution in [-0.2, 0) is 0 Å². The lowest BCUT2D eigenvalue weighted by atomic mass is 10.2. The van der Waals surface area contributed by atoms with Crippen molar-refractivity contribution >= 4 is 39.1 Å². The summed E-state index contributed by atoms with van der Waals surface area (Å²) in [4.78, 5) is 23.4. The molecule has 3 aromatic rings. The Kier molecular flexibility index (Phi) is 3.75. The summed E-state index contributed by atoms with van der Waals surface area (Å²) in [5, 5.41) is 1.35. The number of aromatic nitrogens is 2. The number of thiazole rings is 1. The molecular formula is C17H14ClN3OS. The highest BCUT2D eigenvalue weighted by Gasteiger charge is 2.32. The molecule has 1 fully saturated rings. The summed E-state index contributed by atoms with van der Waals surface area (Å²) in [6.07, 6.45) is 3.51. The van der Waals surface area contributed by atoms with Crippen molar-refractivity contribution in [2.45, 2.75) is 18.9 Å². The Bertz CT molecular complexity index is 846. The second-order valence-corrected chi connectivity index (χ2v) is 6.99. The molecule has 23 heavy (non-hydrogen) atoms. The number of fused-ring (bicyclic) bond motifs is 1. The van der Waals surface area contributed by atoms with E-state index in [1.54, 1.807) is 29.7 Å². The summed E-state index contributed by atoms with van der Waals surface area (Å²) >= 11 is 7.58. The number of hydrogen-bond donors (Lipinski definition) is 0. The Morgan fingerprint density at radius 2 is 2.17 bits per heavy atom. The van der Waals surface area contributed by atoms with Crippen molar-refractivity contribution < 1.29 is 4.79 Å². The minimum absolute atomic E-state index is 0.00365. The number of hydrogen-bond acceptors (Lipinski definition) is 4. The van der Waals surface area contributed by atoms with Gasteiger partial charge in [0.2, 0.25) is 0 Å². The predicted molar refractivity (Wildman–Crippen MR) is 91.9 cm³/mol. The number of rotatable bonds is 2. The van der Waals surface area contributed by atoms with Crippen molar-refractivity contribution in [2.24, 2.45) is 0 Å². The van der Waals surface area contributed by atoms with Gasteiger partial charge < -0.3 is 4.90 Å². The van der Waals surface area contributed by atoms with Gasteiger partial charge in [-0.3, -0.25) is 4.79 Å². The first-order valence-corrected chi connectivity index (χ1v) is 8.70. The van der Waals surface area contributed by atoms with E-state index in [1.165, 1.54) is 0 Å². The zero-order valence-electron chi connectivity index (χ0n) is 12.3. The van der Waals surface area contributed by atoms with E-state index in [9.17, 15) is 4.79 Å². The summed E-state index contributed by atoms with van der Waals surface area (Å²) in [7, 11) is 0. The number of halogens is 1. The van der Waals surface area contributed by atoms with Crippen LogP contribution in [0.4, 0.5) is 0 Å². The molecule has 6 heteroatoms. The number of nitrogens with zero attached hydrogens (tertiary/aromatic N) is 3. The van der Waals surface area contributed by atoms with Crippen molar-refractivity contribution in [3.05, 3.63) is 58.3 Å². The van der Waals surface area contributed by atoms with Gasteiger partial charge >= 0.3 is 0 Å². The quantitative estimate of drug-likeness (QED) is 0.651. The number of para-hydroxylation sites is 1. The third-order valence-corrected chi connectivity index (χ3v) is 5.43. The fourth-order valence-electron chi connectivity index (χ4n) is 3.00. The molecule has 4 rings (SSSR count). The van der Waals surface area contributed by atoms with Crippen LogP contribution < -0.4 is 0 Å². The first-order chi connectivity index (χ1) is 11.2. The second kappa shape index (κ2) is 5.91. The molecule has 1 unspecified atom stereocenters. The number of amides is 1. The smallest absolute Gasteiger partial charge is 0.254 e. The van der Waals surface area contributed by atoms with Gasteiger partial charge in [-0.2, -0.15) is 0 Å². The number of carbonyl (C=O) groups excluding carboxylic acids is 1. The molecule has 0 aliphatic carbocycles. The van der Waals surface area contributed by atoms with Gasteiger partial charge in [0.05, 0.1) is 16.3 Å². The molecule has 1 aliphatic heterocycles. The van der Waals surface area contributed by atoms with Crippen LogP contribution in [0.5, 0.6) is 0 Å². The Labute approximate surface area is 142 Å². The third-order valence-electron chi connectivity index (χ3n) is 4.08. The Morgan fingerprint density at radius 1 is 1.30 bits per heavy atom. The monoisotopic (exact) mass is 343 g/mol. The van der Waals surface area contributed by atoms with Gasteiger partial charge in [-0.05, 0) is 37.1 Å². The van der Waals surface area contributed by atoms with E-state index < -0.39 is 0 Å². The molecule has 1 atom stereocenters. The minimum Gasteiger partial charge on any atom is -0.329 e. The van der Waals surface area contributed by atoms with Gasteiger partial charge in [0.1, 0.15) is 10.2 Å². The molecule has 2 aromatic heterocycles. The summed E-state index contributed by atoms with van der Waals surface area (Å²) in [5.74, 6) is -0.00365. The Morgan fingerprint density at radius 3 is 3.00 bits per heavy atom. The molecule has 0 spiro atoms. The standard InChI is InChI=1S/C17H14ClN3OS/c18-15-10-11(7-8-19-15)17(22)21-9-3-5-13(21)16-20-12-4-1-2-6-14(12)23-16/h1-2,4,6-8,10,13H,3,5,9H2. The Balaban J connectivity index is 1.67. The fourth-order valence-corrected chi connectivity index (χ4v) is 4.29. The van der Waals surface area contributed by atoms with Crippen molar-refractivity contribution in [2.75, 3.05) is 6.54 Å². The van der Waals surface area contributed by atoms with Crippen molar-refractivity contribution in [3.8, 4) is 0 Å². The minimum atomic E-state index is -0.00365. The van der Waals surface area contributed by atoms with E-state index in [-0.39, 0.29) is 11.9 Å². The van der Waals surface area contributed by atoms with E-state index in [0.717, 1.165) is 34.6 Å². The maximum absolute atomic E-state index is 12.8. The normalized spacial score (nSPS) is 17.8. The highest BCUT2D eigenvalue weighted by atomic mass is 35.5. The van der Waals surface area contributed by atoms with Crippen LogP contribution in [0.1, 0.15) is 34.2 Å². The predicted octanol–water partition coefficient (Wildman–Crippen LogP) is 4.32. The summed E-state index contributed by atoms with van der Waals surface area (Å²) in [6, 6.07) is 11.5. The average molecular weight is 344 g/mol. The van der Waals surface area contributed by atoms with Gasteiger partial charge in [-0.1, -0.05) is 23.7 Å². The van der Waals surface area contributed by atoms with Crippen LogP contribution in [0, 0.1) is 0 Å². The first-order valence-electron chi connectivity index (χ1n) is 7.50. The SMILES string of the molecule is O=C(c1ccnc(Cl)c1)N1CCCC1c1nc2ccccc2s1. The lowest BCUT2D eigenvalue weighted by Crippen LogP contribution is -2.30. The van der Waals surface area contributed by atoms with Crippen molar-refractivity contribution in [1.29, 1.82) is 0 Å². The number of pyridine rings is 1. The van der Waals surface area contributed by atoms with Crippen molar-refractivity contribution in [1.82, 2.24) is 14.9 Å². The molecule has 0 N–H and O–H groups in total. The van der Waals surface area contributed by atoms with Crippen molar-refractivity contribution in [3.63, 3.8) is 0 Å². The molecule has 0 saturated carbocycles. The van der Waals surface area contributed by atoms with Gasteiger partial charge in [0.15, 0.2) is 0 Å². The van der Waals surface area contributed by atoms with E-state index in [2.05, 4.69) is 11.1 Å². The van der Waals surface area contributed by atoms with Gasteiger partial charge in [-0.15, -0.1) is 11.3 Å². The molecule has 0 bridgehead atoms. The largest absolute Gasteiger partial charge is 0.329 e. The van der Waals surface area contributed by atoms with E-state index in [0.29, 0.717) is 10.7 Å². The zero-order valence-corrected chi connectivity index (χ0v) is 13.8. The maximum atomic E-state index is 12.8. The topological polar surface area (TPSA) is 46.1 Å². The lowest BCUT2D eigenvalue weighted by molar-refractivity contribution is 0.0735. The number of likely N-dealkylation sites (tertiary alicyclic amines) is 1. The number of carbonyl (C=O) groups is 1. The molecule has 3 heterocycles. The molecular weight excluding hydrogens is 330 g/mol. The highest BCUT2D eigenvalue weighted by Crippen LogP contribution is 2.37. The van der Waals surface area contributed by atoms with Crippen LogP contribution >= 0.6 is 22.9 Å². The Hall–Kier alpha value is -1.98. The van der Waals surface area contributed by atoms with Crippen LogP contribution in [0.2, 0.25) is 5.15 Å². The molecule has 1 saturated heterocycles. The molecule has 1 amide bonds.